The Hall–Kier alpha value is -3.31. The molecule has 0 saturated carbocycles. The molecule has 4 aromatic rings. The second-order valence-electron chi connectivity index (χ2n) is 13.3. The van der Waals surface area contributed by atoms with Crippen molar-refractivity contribution in [2.24, 2.45) is 5.14 Å². The molecular formula is C35H39ClFN5O3S. The molecule has 3 aromatic carbocycles. The van der Waals surface area contributed by atoms with Crippen molar-refractivity contribution in [3.05, 3.63) is 94.5 Å². The van der Waals surface area contributed by atoms with E-state index in [0.29, 0.717) is 44.1 Å². The van der Waals surface area contributed by atoms with Crippen LogP contribution in [0, 0.1) is 12.7 Å². The maximum atomic E-state index is 14.6. The third-order valence-corrected chi connectivity index (χ3v) is 12.2. The van der Waals surface area contributed by atoms with Crippen molar-refractivity contribution in [2.45, 2.75) is 80.3 Å². The fourth-order valence-electron chi connectivity index (χ4n) is 8.47. The predicted molar refractivity (Wildman–Crippen MR) is 177 cm³/mol. The lowest BCUT2D eigenvalue weighted by Gasteiger charge is -2.45. The molecule has 1 amide bonds. The number of halogens is 2. The Bertz CT molecular complexity index is 1890. The van der Waals surface area contributed by atoms with Crippen molar-refractivity contribution in [3.8, 4) is 0 Å². The van der Waals surface area contributed by atoms with Crippen LogP contribution in [0.3, 0.4) is 0 Å². The lowest BCUT2D eigenvalue weighted by atomic mass is 9.70. The Morgan fingerprint density at radius 1 is 1.00 bits per heavy atom. The second kappa shape index (κ2) is 12.0. The van der Waals surface area contributed by atoms with E-state index in [-0.39, 0.29) is 32.6 Å². The minimum Gasteiger partial charge on any atom is -0.339 e. The van der Waals surface area contributed by atoms with Crippen LogP contribution < -0.4 is 5.14 Å². The van der Waals surface area contributed by atoms with Gasteiger partial charge in [-0.05, 0) is 112 Å². The summed E-state index contributed by atoms with van der Waals surface area (Å²) in [5.41, 5.74) is 3.19. The summed E-state index contributed by atoms with van der Waals surface area (Å²) in [5.74, 6) is 0.553. The van der Waals surface area contributed by atoms with Crippen LogP contribution in [-0.2, 0) is 15.4 Å². The quantitative estimate of drug-likeness (QED) is 0.253. The number of sulfonamides is 1. The minimum atomic E-state index is -4.08. The number of piperidine rings is 2. The standard InChI is InChI=1S/C35H39ClFN5O3S/c1-23-39-31-7-2-3-8-32(31)42(23)29-21-27-10-11-28(22-29)41(27)18-15-35(25-5-4-6-26(37)20-25)13-16-40(17-14-35)34(43)24-9-12-30(36)33(19-24)46(38,44)45/h2-9,12,19-20,27-29H,10-11,13-18,21-22H2,1H3,(H2,38,44,45)/t27-,28+,29+. The maximum Gasteiger partial charge on any atom is 0.253 e. The molecule has 3 fully saturated rings. The monoisotopic (exact) mass is 663 g/mol. The highest BCUT2D eigenvalue weighted by Crippen LogP contribution is 2.45. The molecule has 0 radical (unpaired) electrons. The van der Waals surface area contributed by atoms with Crippen molar-refractivity contribution in [2.75, 3.05) is 19.6 Å². The van der Waals surface area contributed by atoms with Crippen molar-refractivity contribution in [1.29, 1.82) is 0 Å². The first-order valence-corrected chi connectivity index (χ1v) is 18.0. The first kappa shape index (κ1) is 31.3. The number of para-hydroxylation sites is 2. The lowest BCUT2D eigenvalue weighted by molar-refractivity contribution is 0.0606. The van der Waals surface area contributed by atoms with Crippen molar-refractivity contribution >= 4 is 38.6 Å². The molecule has 7 rings (SSSR count). The average molecular weight is 664 g/mol. The van der Waals surface area contributed by atoms with Gasteiger partial charge in [0, 0.05) is 36.8 Å². The molecule has 11 heteroatoms. The molecule has 242 valence electrons. The fraction of sp³-hybridized carbons (Fsp3) is 0.429. The summed E-state index contributed by atoms with van der Waals surface area (Å²) in [7, 11) is -4.08. The van der Waals surface area contributed by atoms with Crippen molar-refractivity contribution < 1.29 is 17.6 Å². The summed E-state index contributed by atoms with van der Waals surface area (Å²) in [6.07, 6.45) is 6.80. The number of primary sulfonamides is 1. The minimum absolute atomic E-state index is 0.0191. The summed E-state index contributed by atoms with van der Waals surface area (Å²) >= 11 is 6.05. The first-order chi connectivity index (χ1) is 22.0. The Balaban J connectivity index is 1.08. The molecule has 3 saturated heterocycles. The molecule has 2 N–H and O–H groups in total. The third kappa shape index (κ3) is 5.74. The lowest BCUT2D eigenvalue weighted by Crippen LogP contribution is -2.49. The van der Waals surface area contributed by atoms with E-state index in [1.807, 2.05) is 12.1 Å². The Kier molecular flexibility index (Phi) is 8.20. The number of fused-ring (bicyclic) bond motifs is 3. The summed E-state index contributed by atoms with van der Waals surface area (Å²) in [6.45, 7) is 3.99. The van der Waals surface area contributed by atoms with E-state index in [1.165, 1.54) is 42.6 Å². The number of nitrogens with two attached hydrogens (primary N) is 1. The number of likely N-dealkylation sites (tertiary alicyclic amines) is 1. The van der Waals surface area contributed by atoms with E-state index in [2.05, 4.69) is 34.6 Å². The molecular weight excluding hydrogens is 625 g/mol. The highest BCUT2D eigenvalue weighted by molar-refractivity contribution is 7.89. The largest absolute Gasteiger partial charge is 0.339 e. The van der Waals surface area contributed by atoms with Crippen LogP contribution in [0.25, 0.3) is 11.0 Å². The van der Waals surface area contributed by atoms with Crippen molar-refractivity contribution in [3.63, 3.8) is 0 Å². The summed E-state index contributed by atoms with van der Waals surface area (Å²) < 4.78 is 41.0. The Labute approximate surface area is 274 Å². The van der Waals surface area contributed by atoms with Gasteiger partial charge in [-0.15, -0.1) is 0 Å². The van der Waals surface area contributed by atoms with Crippen molar-refractivity contribution in [1.82, 2.24) is 19.4 Å². The molecule has 1 aromatic heterocycles. The number of imidazole rings is 1. The maximum absolute atomic E-state index is 14.6. The predicted octanol–water partition coefficient (Wildman–Crippen LogP) is 6.22. The van der Waals surface area contributed by atoms with Crippen LogP contribution in [-0.4, -0.2) is 65.4 Å². The van der Waals surface area contributed by atoms with E-state index in [1.54, 1.807) is 17.0 Å². The number of benzene rings is 3. The van der Waals surface area contributed by atoms with Gasteiger partial charge in [-0.2, -0.15) is 0 Å². The zero-order valence-electron chi connectivity index (χ0n) is 25.9. The summed E-state index contributed by atoms with van der Waals surface area (Å²) in [5, 5.41) is 5.30. The zero-order valence-corrected chi connectivity index (χ0v) is 27.5. The van der Waals surface area contributed by atoms with Gasteiger partial charge in [0.25, 0.3) is 5.91 Å². The summed E-state index contributed by atoms with van der Waals surface area (Å²) in [4.78, 5) is 22.5. The van der Waals surface area contributed by atoms with Gasteiger partial charge < -0.3 is 9.47 Å². The molecule has 0 aliphatic carbocycles. The second-order valence-corrected chi connectivity index (χ2v) is 15.2. The van der Waals surface area contributed by atoms with E-state index in [0.717, 1.165) is 42.7 Å². The van der Waals surface area contributed by atoms with E-state index in [9.17, 15) is 17.6 Å². The highest BCUT2D eigenvalue weighted by atomic mass is 35.5. The molecule has 0 spiro atoms. The number of aromatic nitrogens is 2. The number of nitrogens with zero attached hydrogens (tertiary/aromatic N) is 4. The van der Waals surface area contributed by atoms with Crippen LogP contribution in [0.5, 0.6) is 0 Å². The van der Waals surface area contributed by atoms with E-state index in [4.69, 9.17) is 21.7 Å². The molecule has 3 aliphatic heterocycles. The van der Waals surface area contributed by atoms with Gasteiger partial charge >= 0.3 is 0 Å². The molecule has 4 heterocycles. The van der Waals surface area contributed by atoms with Gasteiger partial charge in [-0.25, -0.2) is 22.9 Å². The van der Waals surface area contributed by atoms with Gasteiger partial charge in [-0.1, -0.05) is 35.9 Å². The van der Waals surface area contributed by atoms with Gasteiger partial charge in [0.15, 0.2) is 0 Å². The normalized spacial score (nSPS) is 23.2. The smallest absolute Gasteiger partial charge is 0.253 e. The number of hydrogen-bond donors (Lipinski definition) is 1. The topological polar surface area (TPSA) is 102 Å². The molecule has 3 aliphatic rings. The number of rotatable bonds is 7. The number of carbonyl (C=O) groups is 1. The molecule has 3 atom stereocenters. The Morgan fingerprint density at radius 3 is 2.41 bits per heavy atom. The van der Waals surface area contributed by atoms with Gasteiger partial charge in [0.1, 0.15) is 16.5 Å². The van der Waals surface area contributed by atoms with Gasteiger partial charge in [0.05, 0.1) is 16.1 Å². The molecule has 2 bridgehead atoms. The van der Waals surface area contributed by atoms with Crippen LogP contribution >= 0.6 is 11.6 Å². The summed E-state index contributed by atoms with van der Waals surface area (Å²) in [6, 6.07) is 20.9. The molecule has 46 heavy (non-hydrogen) atoms. The van der Waals surface area contributed by atoms with Crippen LogP contribution in [0.4, 0.5) is 4.39 Å². The first-order valence-electron chi connectivity index (χ1n) is 16.1. The third-order valence-electron chi connectivity index (χ3n) is 10.8. The number of amides is 1. The van der Waals surface area contributed by atoms with E-state index < -0.39 is 10.0 Å². The van der Waals surface area contributed by atoms with Gasteiger partial charge in [-0.3, -0.25) is 9.69 Å². The van der Waals surface area contributed by atoms with E-state index >= 15 is 0 Å². The molecule has 8 nitrogen and oxygen atoms in total. The highest BCUT2D eigenvalue weighted by Gasteiger charge is 2.44. The molecule has 0 unspecified atom stereocenters. The zero-order chi connectivity index (χ0) is 32.2. The average Bonchev–Trinajstić information content (AvgIpc) is 3.49. The van der Waals surface area contributed by atoms with Crippen LogP contribution in [0.2, 0.25) is 5.02 Å². The number of carbonyl (C=O) groups excluding carboxylic acids is 1. The Morgan fingerprint density at radius 2 is 1.72 bits per heavy atom. The van der Waals surface area contributed by atoms with Crippen LogP contribution in [0.1, 0.15) is 72.7 Å². The SMILES string of the molecule is Cc1nc2ccccc2n1[C@H]1C[C@H]2CC[C@@H](C1)N2CCC1(c2cccc(F)c2)CCN(C(=O)c2ccc(Cl)c(S(N)(=O)=O)c2)CC1. The number of hydrogen-bond acceptors (Lipinski definition) is 5. The van der Waals surface area contributed by atoms with Gasteiger partial charge in [0.2, 0.25) is 10.0 Å². The fourth-order valence-corrected chi connectivity index (χ4v) is 9.54. The van der Waals surface area contributed by atoms with Crippen LogP contribution in [0.15, 0.2) is 71.6 Å². The number of aryl methyl sites for hydroxylation is 1.